The zero-order chi connectivity index (χ0) is 8.97. The Morgan fingerprint density at radius 1 is 1.83 bits per heavy atom. The minimum Gasteiger partial charge on any atom is -0.493 e. The molecule has 0 amide bonds. The first-order valence-corrected chi connectivity index (χ1v) is 3.72. The molecular weight excluding hydrogens is 154 g/mol. The Labute approximate surface area is 71.4 Å². The van der Waals surface area contributed by atoms with Gasteiger partial charge < -0.3 is 4.74 Å². The van der Waals surface area contributed by atoms with E-state index in [2.05, 4.69) is 11.2 Å². The molecular formula is C8H11N3O. The van der Waals surface area contributed by atoms with Crippen LogP contribution in [0.4, 0.5) is 0 Å². The van der Waals surface area contributed by atoms with E-state index in [1.807, 2.05) is 6.92 Å². The molecule has 1 unspecified atom stereocenters. The largest absolute Gasteiger partial charge is 0.493 e. The van der Waals surface area contributed by atoms with E-state index in [-0.39, 0.29) is 5.92 Å². The molecule has 0 saturated heterocycles. The molecule has 0 fully saturated rings. The fraction of sp³-hybridized carbons (Fsp3) is 0.500. The van der Waals surface area contributed by atoms with Gasteiger partial charge in [-0.25, -0.2) is 0 Å². The standard InChI is InChI=1S/C8H11N3O/c1-7(3-9)5-11-6-8(12-2)4-10-11/h4,6-7H,5H2,1-2H3. The van der Waals surface area contributed by atoms with Crippen molar-refractivity contribution in [2.24, 2.45) is 5.92 Å². The second-order valence-electron chi connectivity index (χ2n) is 2.63. The van der Waals surface area contributed by atoms with Gasteiger partial charge in [0.2, 0.25) is 0 Å². The van der Waals surface area contributed by atoms with Gasteiger partial charge in [0.1, 0.15) is 0 Å². The summed E-state index contributed by atoms with van der Waals surface area (Å²) in [5.41, 5.74) is 0. The molecule has 1 aromatic heterocycles. The number of methoxy groups -OCH3 is 1. The summed E-state index contributed by atoms with van der Waals surface area (Å²) < 4.78 is 6.64. The van der Waals surface area contributed by atoms with E-state index < -0.39 is 0 Å². The summed E-state index contributed by atoms with van der Waals surface area (Å²) in [5.74, 6) is 0.703. The van der Waals surface area contributed by atoms with Gasteiger partial charge in [0.25, 0.3) is 0 Å². The van der Waals surface area contributed by atoms with E-state index in [0.29, 0.717) is 6.54 Å². The van der Waals surface area contributed by atoms with Crippen LogP contribution in [0.15, 0.2) is 12.4 Å². The van der Waals surface area contributed by atoms with Crippen molar-refractivity contribution in [1.82, 2.24) is 9.78 Å². The summed E-state index contributed by atoms with van der Waals surface area (Å²) in [6.45, 7) is 2.47. The third-order valence-electron chi connectivity index (χ3n) is 1.53. The summed E-state index contributed by atoms with van der Waals surface area (Å²) in [6.07, 6.45) is 3.40. The van der Waals surface area contributed by atoms with Crippen molar-refractivity contribution in [2.75, 3.05) is 7.11 Å². The maximum atomic E-state index is 8.54. The van der Waals surface area contributed by atoms with Gasteiger partial charge in [-0.2, -0.15) is 10.4 Å². The zero-order valence-electron chi connectivity index (χ0n) is 7.19. The Morgan fingerprint density at radius 3 is 3.08 bits per heavy atom. The summed E-state index contributed by atoms with van der Waals surface area (Å²) in [7, 11) is 1.59. The second-order valence-corrected chi connectivity index (χ2v) is 2.63. The topological polar surface area (TPSA) is 50.8 Å². The van der Waals surface area contributed by atoms with E-state index in [4.69, 9.17) is 10.00 Å². The maximum absolute atomic E-state index is 8.54. The third-order valence-corrected chi connectivity index (χ3v) is 1.53. The molecule has 64 valence electrons. The number of nitriles is 1. The first kappa shape index (κ1) is 8.60. The van der Waals surface area contributed by atoms with Crippen LogP contribution in [-0.4, -0.2) is 16.9 Å². The molecule has 4 nitrogen and oxygen atoms in total. The van der Waals surface area contributed by atoms with Crippen LogP contribution < -0.4 is 4.74 Å². The Hall–Kier alpha value is -1.50. The first-order valence-electron chi connectivity index (χ1n) is 3.72. The molecule has 4 heteroatoms. The summed E-state index contributed by atoms with van der Waals surface area (Å²) in [5, 5.41) is 12.6. The fourth-order valence-electron chi connectivity index (χ4n) is 0.871. The van der Waals surface area contributed by atoms with Crippen LogP contribution in [0, 0.1) is 17.2 Å². The first-order chi connectivity index (χ1) is 5.76. The smallest absolute Gasteiger partial charge is 0.156 e. The van der Waals surface area contributed by atoms with Crippen LogP contribution in [-0.2, 0) is 6.54 Å². The Balaban J connectivity index is 2.59. The van der Waals surface area contributed by atoms with E-state index in [9.17, 15) is 0 Å². The maximum Gasteiger partial charge on any atom is 0.156 e. The lowest BCUT2D eigenvalue weighted by atomic mass is 10.2. The van der Waals surface area contributed by atoms with Crippen molar-refractivity contribution < 1.29 is 4.74 Å². The number of aromatic nitrogens is 2. The molecule has 0 aliphatic carbocycles. The molecule has 0 radical (unpaired) electrons. The molecule has 12 heavy (non-hydrogen) atoms. The highest BCUT2D eigenvalue weighted by Crippen LogP contribution is 2.08. The van der Waals surface area contributed by atoms with Crippen LogP contribution in [0.2, 0.25) is 0 Å². The van der Waals surface area contributed by atoms with Gasteiger partial charge in [-0.05, 0) is 6.92 Å². The fourth-order valence-corrected chi connectivity index (χ4v) is 0.871. The highest BCUT2D eigenvalue weighted by molar-refractivity contribution is 5.11. The second kappa shape index (κ2) is 3.77. The van der Waals surface area contributed by atoms with Crippen molar-refractivity contribution in [3.8, 4) is 11.8 Å². The average Bonchev–Trinajstić information content (AvgIpc) is 2.52. The number of hydrogen-bond acceptors (Lipinski definition) is 3. The van der Waals surface area contributed by atoms with Gasteiger partial charge in [-0.15, -0.1) is 0 Å². The Bertz CT molecular complexity index is 287. The molecule has 1 aromatic rings. The average molecular weight is 165 g/mol. The van der Waals surface area contributed by atoms with Crippen LogP contribution in [0.5, 0.6) is 5.75 Å². The molecule has 0 bridgehead atoms. The summed E-state index contributed by atoms with van der Waals surface area (Å²) in [6, 6.07) is 2.14. The van der Waals surface area contributed by atoms with Gasteiger partial charge in [0.05, 0.1) is 38.0 Å². The molecule has 1 atom stereocenters. The van der Waals surface area contributed by atoms with Gasteiger partial charge in [0, 0.05) is 0 Å². The highest BCUT2D eigenvalue weighted by atomic mass is 16.5. The monoisotopic (exact) mass is 165 g/mol. The van der Waals surface area contributed by atoms with E-state index in [1.165, 1.54) is 0 Å². The van der Waals surface area contributed by atoms with E-state index in [1.54, 1.807) is 24.2 Å². The molecule has 0 N–H and O–H groups in total. The molecule has 1 rings (SSSR count). The number of nitrogens with zero attached hydrogens (tertiary/aromatic N) is 3. The molecule has 0 spiro atoms. The predicted octanol–water partition coefficient (Wildman–Crippen LogP) is 1.05. The molecule has 0 aliphatic heterocycles. The predicted molar refractivity (Wildman–Crippen MR) is 43.6 cm³/mol. The van der Waals surface area contributed by atoms with Gasteiger partial charge in [-0.3, -0.25) is 4.68 Å². The molecule has 0 saturated carbocycles. The van der Waals surface area contributed by atoms with Gasteiger partial charge in [0.15, 0.2) is 5.75 Å². The lowest BCUT2D eigenvalue weighted by Gasteiger charge is -2.00. The number of rotatable bonds is 3. The SMILES string of the molecule is COc1cnn(CC(C)C#N)c1. The molecule has 0 aliphatic rings. The number of ether oxygens (including phenoxy) is 1. The van der Waals surface area contributed by atoms with Crippen LogP contribution in [0.25, 0.3) is 0 Å². The lowest BCUT2D eigenvalue weighted by Crippen LogP contribution is -2.05. The van der Waals surface area contributed by atoms with E-state index in [0.717, 1.165) is 5.75 Å². The summed E-state index contributed by atoms with van der Waals surface area (Å²) in [4.78, 5) is 0. The molecule has 0 aromatic carbocycles. The number of hydrogen-bond donors (Lipinski definition) is 0. The van der Waals surface area contributed by atoms with Gasteiger partial charge in [-0.1, -0.05) is 0 Å². The summed E-state index contributed by atoms with van der Waals surface area (Å²) >= 11 is 0. The highest BCUT2D eigenvalue weighted by Gasteiger charge is 2.02. The zero-order valence-corrected chi connectivity index (χ0v) is 7.19. The molecule has 1 heterocycles. The Morgan fingerprint density at radius 2 is 2.58 bits per heavy atom. The van der Waals surface area contributed by atoms with Crippen molar-refractivity contribution >= 4 is 0 Å². The third kappa shape index (κ3) is 1.99. The van der Waals surface area contributed by atoms with E-state index >= 15 is 0 Å². The van der Waals surface area contributed by atoms with Crippen LogP contribution >= 0.6 is 0 Å². The lowest BCUT2D eigenvalue weighted by molar-refractivity contribution is 0.413. The minimum absolute atomic E-state index is 0.0189. The minimum atomic E-state index is -0.0189. The van der Waals surface area contributed by atoms with Crippen LogP contribution in [0.1, 0.15) is 6.92 Å². The van der Waals surface area contributed by atoms with Crippen molar-refractivity contribution in [1.29, 1.82) is 5.26 Å². The van der Waals surface area contributed by atoms with Crippen molar-refractivity contribution in [3.05, 3.63) is 12.4 Å². The normalized spacial score (nSPS) is 12.1. The van der Waals surface area contributed by atoms with Crippen molar-refractivity contribution in [2.45, 2.75) is 13.5 Å². The Kier molecular flexibility index (Phi) is 2.70. The quantitative estimate of drug-likeness (QED) is 0.672. The van der Waals surface area contributed by atoms with Gasteiger partial charge >= 0.3 is 0 Å². The van der Waals surface area contributed by atoms with Crippen molar-refractivity contribution in [3.63, 3.8) is 0 Å². The van der Waals surface area contributed by atoms with Crippen LogP contribution in [0.3, 0.4) is 0 Å².